The molecule has 0 N–H and O–H groups in total. The van der Waals surface area contributed by atoms with Gasteiger partial charge in [0.05, 0.1) is 23.3 Å². The summed E-state index contributed by atoms with van der Waals surface area (Å²) in [5.74, 6) is -0.766. The molecule has 24 heavy (non-hydrogen) atoms. The Bertz CT molecular complexity index is 498. The van der Waals surface area contributed by atoms with Crippen molar-refractivity contribution < 1.29 is 33.9 Å². The van der Waals surface area contributed by atoms with E-state index in [0.29, 0.717) is 12.0 Å². The van der Waals surface area contributed by atoms with Crippen molar-refractivity contribution in [2.45, 2.75) is 45.6 Å². The fourth-order valence-corrected chi connectivity index (χ4v) is 1.76. The standard InChI is InChI=1S/C17H24O7/c1-4-5-6-14-7-9-15(10-8-14)16(18)22-24-23-17(19)21-12-11-13(2)20-3/h7-10,13H,4-6,11-12H2,1-3H3. The summed E-state index contributed by atoms with van der Waals surface area (Å²) in [6.07, 6.45) is 2.52. The van der Waals surface area contributed by atoms with E-state index in [0.717, 1.165) is 24.8 Å². The first-order valence-corrected chi connectivity index (χ1v) is 7.90. The summed E-state index contributed by atoms with van der Waals surface area (Å²) < 4.78 is 9.69. The number of benzene rings is 1. The van der Waals surface area contributed by atoms with Gasteiger partial charge in [0.15, 0.2) is 0 Å². The summed E-state index contributed by atoms with van der Waals surface area (Å²) in [5.41, 5.74) is 1.43. The smallest absolute Gasteiger partial charge is 0.432 e. The Balaban J connectivity index is 2.24. The fourth-order valence-electron chi connectivity index (χ4n) is 1.76. The minimum Gasteiger partial charge on any atom is -0.432 e. The van der Waals surface area contributed by atoms with Crippen LogP contribution in [0.15, 0.2) is 24.3 Å². The lowest BCUT2D eigenvalue weighted by Gasteiger charge is -2.08. The second-order valence-corrected chi connectivity index (χ2v) is 5.26. The van der Waals surface area contributed by atoms with Gasteiger partial charge in [-0.3, -0.25) is 4.89 Å². The summed E-state index contributed by atoms with van der Waals surface area (Å²) in [5, 5.41) is 4.14. The molecule has 1 aromatic rings. The van der Waals surface area contributed by atoms with Crippen LogP contribution in [0.2, 0.25) is 0 Å². The normalized spacial score (nSPS) is 11.6. The van der Waals surface area contributed by atoms with Gasteiger partial charge in [-0.25, -0.2) is 14.5 Å². The zero-order valence-corrected chi connectivity index (χ0v) is 14.3. The summed E-state index contributed by atoms with van der Waals surface area (Å²) in [7, 11) is 1.56. The number of hydrogen-bond donors (Lipinski definition) is 0. The van der Waals surface area contributed by atoms with Gasteiger partial charge >= 0.3 is 12.1 Å². The van der Waals surface area contributed by atoms with Crippen molar-refractivity contribution in [2.24, 2.45) is 0 Å². The maximum Gasteiger partial charge on any atom is 0.543 e. The van der Waals surface area contributed by atoms with Gasteiger partial charge in [0.1, 0.15) is 0 Å². The van der Waals surface area contributed by atoms with E-state index in [4.69, 9.17) is 9.47 Å². The molecule has 1 aromatic carbocycles. The molecular weight excluding hydrogens is 316 g/mol. The Labute approximate surface area is 141 Å². The number of carbonyl (C=O) groups is 2. The van der Waals surface area contributed by atoms with Crippen LogP contribution in [0.4, 0.5) is 4.79 Å². The van der Waals surface area contributed by atoms with Gasteiger partial charge in [-0.15, -0.1) is 0 Å². The van der Waals surface area contributed by atoms with Crippen molar-refractivity contribution in [3.05, 3.63) is 35.4 Å². The lowest BCUT2D eigenvalue weighted by Crippen LogP contribution is -2.15. The number of hydrogen-bond acceptors (Lipinski definition) is 7. The number of rotatable bonds is 10. The largest absolute Gasteiger partial charge is 0.543 e. The van der Waals surface area contributed by atoms with Gasteiger partial charge in [-0.2, -0.15) is 0 Å². The first-order chi connectivity index (χ1) is 11.6. The highest BCUT2D eigenvalue weighted by Crippen LogP contribution is 2.09. The van der Waals surface area contributed by atoms with Crippen molar-refractivity contribution in [1.82, 2.24) is 0 Å². The zero-order chi connectivity index (χ0) is 17.8. The first-order valence-electron chi connectivity index (χ1n) is 7.90. The van der Waals surface area contributed by atoms with Crippen molar-refractivity contribution in [3.63, 3.8) is 0 Å². The molecule has 7 nitrogen and oxygen atoms in total. The molecule has 0 saturated carbocycles. The van der Waals surface area contributed by atoms with Gasteiger partial charge in [0.25, 0.3) is 0 Å². The third-order valence-corrected chi connectivity index (χ3v) is 3.37. The van der Waals surface area contributed by atoms with Crippen LogP contribution < -0.4 is 0 Å². The quantitative estimate of drug-likeness (QED) is 0.365. The molecule has 0 fully saturated rings. The summed E-state index contributed by atoms with van der Waals surface area (Å²) >= 11 is 0. The average molecular weight is 340 g/mol. The van der Waals surface area contributed by atoms with Crippen LogP contribution in [-0.2, 0) is 30.7 Å². The number of aryl methyl sites for hydroxylation is 1. The molecule has 0 bridgehead atoms. The van der Waals surface area contributed by atoms with Crippen molar-refractivity contribution >= 4 is 12.1 Å². The number of carbonyl (C=O) groups excluding carboxylic acids is 2. The molecular formula is C17H24O7. The Morgan fingerprint density at radius 1 is 1.12 bits per heavy atom. The van der Waals surface area contributed by atoms with Crippen LogP contribution in [-0.4, -0.2) is 31.9 Å². The maximum atomic E-state index is 11.7. The molecule has 0 aliphatic carbocycles. The van der Waals surface area contributed by atoms with Gasteiger partial charge < -0.3 is 9.47 Å². The van der Waals surface area contributed by atoms with E-state index >= 15 is 0 Å². The molecule has 0 heterocycles. The highest BCUT2D eigenvalue weighted by Gasteiger charge is 2.12. The lowest BCUT2D eigenvalue weighted by atomic mass is 10.1. The second kappa shape index (κ2) is 11.4. The maximum absolute atomic E-state index is 11.7. The molecule has 0 aromatic heterocycles. The monoisotopic (exact) mass is 340 g/mol. The van der Waals surface area contributed by atoms with E-state index in [1.54, 1.807) is 19.2 Å². The van der Waals surface area contributed by atoms with E-state index in [9.17, 15) is 9.59 Å². The molecule has 0 aliphatic rings. The fraction of sp³-hybridized carbons (Fsp3) is 0.529. The molecule has 0 saturated heterocycles. The van der Waals surface area contributed by atoms with Gasteiger partial charge in [-0.1, -0.05) is 25.5 Å². The number of ether oxygens (including phenoxy) is 2. The molecule has 0 aliphatic heterocycles. The third-order valence-electron chi connectivity index (χ3n) is 3.37. The van der Waals surface area contributed by atoms with Gasteiger partial charge in [0.2, 0.25) is 0 Å². The highest BCUT2D eigenvalue weighted by molar-refractivity contribution is 5.88. The van der Waals surface area contributed by atoms with E-state index in [2.05, 4.69) is 21.7 Å². The molecule has 0 spiro atoms. The van der Waals surface area contributed by atoms with Gasteiger partial charge in [0, 0.05) is 13.5 Å². The Morgan fingerprint density at radius 2 is 1.83 bits per heavy atom. The molecule has 1 atom stereocenters. The number of methoxy groups -OCH3 is 1. The third kappa shape index (κ3) is 7.94. The van der Waals surface area contributed by atoms with Crippen molar-refractivity contribution in [3.8, 4) is 0 Å². The molecule has 7 heteroatoms. The SMILES string of the molecule is CCCCc1ccc(C(=O)OOOC(=O)OCCC(C)OC)cc1. The van der Waals surface area contributed by atoms with E-state index in [-0.39, 0.29) is 12.7 Å². The lowest BCUT2D eigenvalue weighted by molar-refractivity contribution is -0.452. The average Bonchev–Trinajstić information content (AvgIpc) is 2.60. The van der Waals surface area contributed by atoms with E-state index in [1.165, 1.54) is 0 Å². The molecule has 1 rings (SSSR count). The minimum atomic E-state index is -1.10. The van der Waals surface area contributed by atoms with E-state index < -0.39 is 12.1 Å². The Kier molecular flexibility index (Phi) is 9.48. The van der Waals surface area contributed by atoms with Gasteiger partial charge in [-0.05, 0) is 37.5 Å². The highest BCUT2D eigenvalue weighted by atomic mass is 17.5. The summed E-state index contributed by atoms with van der Waals surface area (Å²) in [6.45, 7) is 4.05. The minimum absolute atomic E-state index is 0.0446. The van der Waals surface area contributed by atoms with Crippen LogP contribution in [0.5, 0.6) is 0 Å². The van der Waals surface area contributed by atoms with Crippen LogP contribution in [0.3, 0.4) is 0 Å². The zero-order valence-electron chi connectivity index (χ0n) is 14.3. The van der Waals surface area contributed by atoms with Crippen LogP contribution in [0.25, 0.3) is 0 Å². The van der Waals surface area contributed by atoms with Crippen LogP contribution >= 0.6 is 0 Å². The van der Waals surface area contributed by atoms with Crippen molar-refractivity contribution in [1.29, 1.82) is 0 Å². The van der Waals surface area contributed by atoms with E-state index in [1.807, 2.05) is 19.1 Å². The summed E-state index contributed by atoms with van der Waals surface area (Å²) in [6, 6.07) is 6.94. The predicted molar refractivity (Wildman–Crippen MR) is 85.1 cm³/mol. The Morgan fingerprint density at radius 3 is 2.46 bits per heavy atom. The number of unbranched alkanes of at least 4 members (excludes halogenated alkanes) is 1. The summed E-state index contributed by atoms with van der Waals surface area (Å²) in [4.78, 5) is 31.4. The van der Waals surface area contributed by atoms with Crippen LogP contribution in [0, 0.1) is 0 Å². The molecule has 0 amide bonds. The topological polar surface area (TPSA) is 80.3 Å². The molecule has 0 radical (unpaired) electrons. The second-order valence-electron chi connectivity index (χ2n) is 5.26. The predicted octanol–water partition coefficient (Wildman–Crippen LogP) is 3.61. The van der Waals surface area contributed by atoms with Crippen molar-refractivity contribution in [2.75, 3.05) is 13.7 Å². The first kappa shape index (κ1) is 19.9. The molecule has 1 unspecified atom stereocenters. The molecule has 134 valence electrons. The Hall–Kier alpha value is -2.12. The van der Waals surface area contributed by atoms with Crippen LogP contribution in [0.1, 0.15) is 49.0 Å².